The second-order valence-corrected chi connectivity index (χ2v) is 8.63. The summed E-state index contributed by atoms with van der Waals surface area (Å²) in [5, 5.41) is 4.15. The second-order valence-electron chi connectivity index (χ2n) is 6.69. The van der Waals surface area contributed by atoms with Gasteiger partial charge in [0.25, 0.3) is 0 Å². The fraction of sp³-hybridized carbons (Fsp3) is 0.800. The van der Waals surface area contributed by atoms with Gasteiger partial charge in [0.1, 0.15) is 4.90 Å². The average molecular weight is 328 g/mol. The van der Waals surface area contributed by atoms with E-state index >= 15 is 0 Å². The first-order valence-electron chi connectivity index (χ1n) is 7.99. The van der Waals surface area contributed by atoms with E-state index in [9.17, 15) is 8.42 Å². The van der Waals surface area contributed by atoms with Crippen LogP contribution in [0.4, 0.5) is 0 Å². The van der Waals surface area contributed by atoms with Gasteiger partial charge in [-0.15, -0.1) is 0 Å². The minimum absolute atomic E-state index is 0.167. The topological polar surface area (TPSA) is 58.4 Å². The molecule has 1 aromatic rings. The van der Waals surface area contributed by atoms with E-state index in [1.807, 2.05) is 13.8 Å². The highest BCUT2D eigenvalue weighted by atomic mass is 32.2. The first-order valence-corrected chi connectivity index (χ1v) is 9.43. The second kappa shape index (κ2) is 7.10. The van der Waals surface area contributed by atoms with Crippen molar-refractivity contribution in [2.75, 3.05) is 33.7 Å². The standard InChI is InChI=1S/C15H28N4O2S/c1-13(2)19-12-15(11-16-19)22(20,21)18-9-6-14(7-10-18)5-8-17(3)4/h11-14H,5-10H2,1-4H3. The van der Waals surface area contributed by atoms with Crippen LogP contribution in [-0.2, 0) is 10.0 Å². The van der Waals surface area contributed by atoms with Gasteiger partial charge in [0, 0.05) is 25.3 Å². The molecule has 0 aromatic carbocycles. The summed E-state index contributed by atoms with van der Waals surface area (Å²) in [6.07, 6.45) is 6.15. The quantitative estimate of drug-likeness (QED) is 0.799. The first kappa shape index (κ1) is 17.4. The Morgan fingerprint density at radius 1 is 1.32 bits per heavy atom. The molecule has 7 heteroatoms. The van der Waals surface area contributed by atoms with Crippen molar-refractivity contribution in [3.63, 3.8) is 0 Å². The van der Waals surface area contributed by atoms with Crippen molar-refractivity contribution in [2.24, 2.45) is 5.92 Å². The van der Waals surface area contributed by atoms with Crippen LogP contribution in [0.25, 0.3) is 0 Å². The van der Waals surface area contributed by atoms with Crippen molar-refractivity contribution in [2.45, 2.75) is 44.0 Å². The molecule has 0 atom stereocenters. The monoisotopic (exact) mass is 328 g/mol. The van der Waals surface area contributed by atoms with Gasteiger partial charge in [-0.25, -0.2) is 8.42 Å². The molecular formula is C15H28N4O2S. The van der Waals surface area contributed by atoms with Gasteiger partial charge in [0.15, 0.2) is 0 Å². The van der Waals surface area contributed by atoms with Crippen molar-refractivity contribution >= 4 is 10.0 Å². The third-order valence-electron chi connectivity index (χ3n) is 4.30. The van der Waals surface area contributed by atoms with Crippen LogP contribution in [0.15, 0.2) is 17.3 Å². The van der Waals surface area contributed by atoms with Crippen LogP contribution in [0.2, 0.25) is 0 Å². The molecule has 1 saturated heterocycles. The summed E-state index contributed by atoms with van der Waals surface area (Å²) in [4.78, 5) is 2.50. The molecule has 0 amide bonds. The number of nitrogens with zero attached hydrogens (tertiary/aromatic N) is 4. The number of hydrogen-bond acceptors (Lipinski definition) is 4. The summed E-state index contributed by atoms with van der Waals surface area (Å²) in [6.45, 7) is 6.28. The number of hydrogen-bond donors (Lipinski definition) is 0. The lowest BCUT2D eigenvalue weighted by molar-refractivity contribution is 0.243. The Labute approximate surface area is 134 Å². The molecule has 2 heterocycles. The van der Waals surface area contributed by atoms with Crippen molar-refractivity contribution in [1.29, 1.82) is 0 Å². The zero-order valence-electron chi connectivity index (χ0n) is 14.1. The Morgan fingerprint density at radius 3 is 2.45 bits per heavy atom. The zero-order valence-corrected chi connectivity index (χ0v) is 14.9. The highest BCUT2D eigenvalue weighted by Gasteiger charge is 2.30. The Balaban J connectivity index is 1.97. The summed E-state index contributed by atoms with van der Waals surface area (Å²) in [7, 11) is 0.761. The number of piperidine rings is 1. The van der Waals surface area contributed by atoms with E-state index in [-0.39, 0.29) is 6.04 Å². The van der Waals surface area contributed by atoms with Crippen molar-refractivity contribution in [3.05, 3.63) is 12.4 Å². The minimum Gasteiger partial charge on any atom is -0.309 e. The van der Waals surface area contributed by atoms with Crippen molar-refractivity contribution in [3.8, 4) is 0 Å². The van der Waals surface area contributed by atoms with Crippen LogP contribution in [-0.4, -0.2) is 61.1 Å². The summed E-state index contributed by atoms with van der Waals surface area (Å²) in [5.74, 6) is 0.632. The lowest BCUT2D eigenvalue weighted by Gasteiger charge is -2.31. The summed E-state index contributed by atoms with van der Waals surface area (Å²) >= 11 is 0. The first-order chi connectivity index (χ1) is 10.3. The zero-order chi connectivity index (χ0) is 16.3. The smallest absolute Gasteiger partial charge is 0.246 e. The molecule has 0 bridgehead atoms. The van der Waals surface area contributed by atoms with Gasteiger partial charge in [-0.1, -0.05) is 0 Å². The Kier molecular flexibility index (Phi) is 5.63. The Morgan fingerprint density at radius 2 is 1.95 bits per heavy atom. The normalized spacial score (nSPS) is 18.5. The van der Waals surface area contributed by atoms with E-state index in [0.29, 0.717) is 23.9 Å². The van der Waals surface area contributed by atoms with E-state index in [4.69, 9.17) is 0 Å². The Hall–Kier alpha value is -0.920. The number of aromatic nitrogens is 2. The van der Waals surface area contributed by atoms with Crippen LogP contribution in [0.5, 0.6) is 0 Å². The third-order valence-corrected chi connectivity index (χ3v) is 6.15. The SMILES string of the molecule is CC(C)n1cc(S(=O)(=O)N2CCC(CCN(C)C)CC2)cn1. The molecule has 2 rings (SSSR count). The Bertz CT molecular complexity index is 572. The van der Waals surface area contributed by atoms with E-state index < -0.39 is 10.0 Å². The molecule has 126 valence electrons. The molecule has 1 aliphatic rings. The largest absolute Gasteiger partial charge is 0.309 e. The molecular weight excluding hydrogens is 300 g/mol. The fourth-order valence-electron chi connectivity index (χ4n) is 2.76. The predicted octanol–water partition coefficient (Wildman–Crippen LogP) is 1.82. The number of sulfonamides is 1. The van der Waals surface area contributed by atoms with Crippen LogP contribution in [0.3, 0.4) is 0 Å². The number of rotatable bonds is 6. The van der Waals surface area contributed by atoms with E-state index in [1.54, 1.807) is 15.2 Å². The third kappa shape index (κ3) is 4.08. The molecule has 0 aliphatic carbocycles. The minimum atomic E-state index is -3.39. The van der Waals surface area contributed by atoms with Crippen LogP contribution in [0, 0.1) is 5.92 Å². The fourth-order valence-corrected chi connectivity index (χ4v) is 4.18. The van der Waals surface area contributed by atoms with E-state index in [1.165, 1.54) is 6.20 Å². The van der Waals surface area contributed by atoms with Crippen LogP contribution in [0.1, 0.15) is 39.2 Å². The lowest BCUT2D eigenvalue weighted by atomic mass is 9.94. The van der Waals surface area contributed by atoms with Crippen LogP contribution < -0.4 is 0 Å². The van der Waals surface area contributed by atoms with Crippen molar-refractivity contribution in [1.82, 2.24) is 19.0 Å². The molecule has 0 N–H and O–H groups in total. The molecule has 0 saturated carbocycles. The van der Waals surface area contributed by atoms with Crippen molar-refractivity contribution < 1.29 is 8.42 Å². The van der Waals surface area contributed by atoms with Gasteiger partial charge >= 0.3 is 0 Å². The molecule has 0 unspecified atom stereocenters. The van der Waals surface area contributed by atoms with Gasteiger partial charge in [-0.05, 0) is 59.7 Å². The van der Waals surface area contributed by atoms with Gasteiger partial charge in [-0.2, -0.15) is 9.40 Å². The maximum atomic E-state index is 12.7. The molecule has 0 radical (unpaired) electrons. The van der Waals surface area contributed by atoms with Gasteiger partial charge < -0.3 is 4.90 Å². The summed E-state index contributed by atoms with van der Waals surface area (Å²) < 4.78 is 28.6. The molecule has 1 aromatic heterocycles. The lowest BCUT2D eigenvalue weighted by Crippen LogP contribution is -2.38. The molecule has 1 aliphatic heterocycles. The average Bonchev–Trinajstić information content (AvgIpc) is 2.96. The summed E-state index contributed by atoms with van der Waals surface area (Å²) in [6, 6.07) is 0.167. The molecule has 0 spiro atoms. The highest BCUT2D eigenvalue weighted by Crippen LogP contribution is 2.25. The van der Waals surface area contributed by atoms with Gasteiger partial charge in [0.05, 0.1) is 6.20 Å². The van der Waals surface area contributed by atoms with E-state index in [0.717, 1.165) is 25.8 Å². The maximum absolute atomic E-state index is 12.7. The van der Waals surface area contributed by atoms with Gasteiger partial charge in [-0.3, -0.25) is 4.68 Å². The van der Waals surface area contributed by atoms with Gasteiger partial charge in [0.2, 0.25) is 10.0 Å². The maximum Gasteiger partial charge on any atom is 0.246 e. The summed E-state index contributed by atoms with van der Waals surface area (Å²) in [5.41, 5.74) is 0. The molecule has 6 nitrogen and oxygen atoms in total. The predicted molar refractivity (Wildman–Crippen MR) is 87.3 cm³/mol. The highest BCUT2D eigenvalue weighted by molar-refractivity contribution is 7.89. The molecule has 22 heavy (non-hydrogen) atoms. The van der Waals surface area contributed by atoms with Crippen LogP contribution >= 0.6 is 0 Å². The molecule has 1 fully saturated rings. The van der Waals surface area contributed by atoms with E-state index in [2.05, 4.69) is 24.1 Å².